The van der Waals surface area contributed by atoms with E-state index in [0.29, 0.717) is 12.6 Å². The van der Waals surface area contributed by atoms with Gasteiger partial charge in [0.1, 0.15) is 5.75 Å². The fraction of sp³-hybridized carbons (Fsp3) is 0.667. The molecule has 2 N–H and O–H groups in total. The zero-order valence-corrected chi connectivity index (χ0v) is 14.0. The molecule has 120 valence electrons. The van der Waals surface area contributed by atoms with Crippen molar-refractivity contribution in [2.24, 2.45) is 0 Å². The van der Waals surface area contributed by atoms with Gasteiger partial charge in [0.25, 0.3) is 0 Å². The molecule has 3 nitrogen and oxygen atoms in total. The molecule has 0 aliphatic rings. The number of ether oxygens (including phenoxy) is 1. The van der Waals surface area contributed by atoms with E-state index in [4.69, 9.17) is 4.74 Å². The van der Waals surface area contributed by atoms with Gasteiger partial charge in [-0.15, -0.1) is 0 Å². The largest absolute Gasteiger partial charge is 0.494 e. The molecular weight excluding hydrogens is 262 g/mol. The van der Waals surface area contributed by atoms with E-state index in [1.54, 1.807) is 0 Å². The number of aryl methyl sites for hydroxylation is 1. The molecule has 1 atom stereocenters. The Balaban J connectivity index is 2.40. The van der Waals surface area contributed by atoms with E-state index in [9.17, 15) is 5.11 Å². The molecule has 1 unspecified atom stereocenters. The van der Waals surface area contributed by atoms with Crippen molar-refractivity contribution >= 4 is 0 Å². The van der Waals surface area contributed by atoms with Crippen LogP contribution in [0.2, 0.25) is 0 Å². The Hall–Kier alpha value is -1.06. The smallest absolute Gasteiger partial charge is 0.119 e. The molecular formula is C18H31NO2. The molecule has 0 amide bonds. The summed E-state index contributed by atoms with van der Waals surface area (Å²) in [7, 11) is 0. The van der Waals surface area contributed by atoms with Crippen LogP contribution in [0.25, 0.3) is 0 Å². The number of benzene rings is 1. The minimum Gasteiger partial charge on any atom is -0.494 e. The van der Waals surface area contributed by atoms with E-state index in [2.05, 4.69) is 38.2 Å². The highest BCUT2D eigenvalue weighted by Crippen LogP contribution is 2.16. The van der Waals surface area contributed by atoms with Gasteiger partial charge in [-0.1, -0.05) is 39.3 Å². The van der Waals surface area contributed by atoms with Crippen molar-refractivity contribution < 1.29 is 9.84 Å². The maximum atomic E-state index is 9.53. The Morgan fingerprint density at radius 2 is 1.90 bits per heavy atom. The summed E-state index contributed by atoms with van der Waals surface area (Å²) in [5, 5.41) is 12.9. The molecule has 3 heteroatoms. The van der Waals surface area contributed by atoms with Crippen LogP contribution in [-0.4, -0.2) is 29.9 Å². The molecule has 0 aliphatic heterocycles. The average Bonchev–Trinajstić information content (AvgIpc) is 2.45. The molecule has 0 aromatic heterocycles. The zero-order valence-electron chi connectivity index (χ0n) is 14.0. The summed E-state index contributed by atoms with van der Waals surface area (Å²) in [5.74, 6) is 0.903. The zero-order chi connectivity index (χ0) is 15.7. The molecule has 1 rings (SSSR count). The molecule has 0 heterocycles. The van der Waals surface area contributed by atoms with Crippen molar-refractivity contribution in [1.82, 2.24) is 5.32 Å². The van der Waals surface area contributed by atoms with Crippen LogP contribution >= 0.6 is 0 Å². The Labute approximate surface area is 129 Å². The van der Waals surface area contributed by atoms with Crippen LogP contribution in [-0.2, 0) is 6.42 Å². The van der Waals surface area contributed by atoms with Crippen molar-refractivity contribution in [3.63, 3.8) is 0 Å². The number of nitrogens with one attached hydrogen (secondary N) is 1. The number of aliphatic hydroxyl groups excluding tert-OH is 1. The first-order valence-electron chi connectivity index (χ1n) is 8.09. The van der Waals surface area contributed by atoms with Crippen molar-refractivity contribution in [3.8, 4) is 5.75 Å². The monoisotopic (exact) mass is 293 g/mol. The lowest BCUT2D eigenvalue weighted by atomic mass is 9.98. The third kappa shape index (κ3) is 6.96. The first kappa shape index (κ1) is 18.0. The predicted molar refractivity (Wildman–Crippen MR) is 88.9 cm³/mol. The van der Waals surface area contributed by atoms with Gasteiger partial charge in [-0.25, -0.2) is 0 Å². The first-order valence-corrected chi connectivity index (χ1v) is 8.09. The van der Waals surface area contributed by atoms with Gasteiger partial charge in [-0.2, -0.15) is 0 Å². The van der Waals surface area contributed by atoms with E-state index in [1.165, 1.54) is 18.4 Å². The van der Waals surface area contributed by atoms with Gasteiger partial charge in [0.2, 0.25) is 0 Å². The molecule has 21 heavy (non-hydrogen) atoms. The lowest BCUT2D eigenvalue weighted by Gasteiger charge is -2.31. The molecule has 1 aromatic rings. The minimum atomic E-state index is -0.283. The van der Waals surface area contributed by atoms with Crippen LogP contribution in [0, 0.1) is 0 Å². The predicted octanol–water partition coefficient (Wildman–Crippen LogP) is 3.55. The van der Waals surface area contributed by atoms with Crippen molar-refractivity contribution in [2.75, 3.05) is 13.2 Å². The second kappa shape index (κ2) is 9.06. The summed E-state index contributed by atoms with van der Waals surface area (Å²) in [5.41, 5.74) is 1.08. The molecule has 0 radical (unpaired) electrons. The van der Waals surface area contributed by atoms with Gasteiger partial charge in [0, 0.05) is 18.0 Å². The highest BCUT2D eigenvalue weighted by molar-refractivity contribution is 5.27. The summed E-state index contributed by atoms with van der Waals surface area (Å²) in [6, 6.07) is 8.71. The lowest BCUT2D eigenvalue weighted by molar-refractivity contribution is 0.136. The maximum absolute atomic E-state index is 9.53. The van der Waals surface area contributed by atoms with Gasteiger partial charge in [0.05, 0.1) is 13.2 Å². The lowest BCUT2D eigenvalue weighted by Crippen LogP contribution is -2.49. The van der Waals surface area contributed by atoms with Crippen molar-refractivity contribution in [3.05, 3.63) is 29.8 Å². The second-order valence-corrected chi connectivity index (χ2v) is 6.36. The number of unbranched alkanes of at least 4 members (excludes halogenated alkanes) is 1. The highest BCUT2D eigenvalue weighted by Gasteiger charge is 2.23. The van der Waals surface area contributed by atoms with Crippen LogP contribution in [0.4, 0.5) is 0 Å². The van der Waals surface area contributed by atoms with Crippen LogP contribution in [0.15, 0.2) is 24.3 Å². The Morgan fingerprint density at radius 1 is 1.24 bits per heavy atom. The molecule has 0 saturated carbocycles. The van der Waals surface area contributed by atoms with E-state index in [1.807, 2.05) is 19.1 Å². The molecule has 0 bridgehead atoms. The summed E-state index contributed by atoms with van der Waals surface area (Å²) in [4.78, 5) is 0. The second-order valence-electron chi connectivity index (χ2n) is 6.36. The summed E-state index contributed by atoms with van der Waals surface area (Å²) in [6.07, 6.45) is 4.37. The van der Waals surface area contributed by atoms with Gasteiger partial charge in [-0.05, 0) is 37.5 Å². The number of aliphatic hydroxyl groups is 1. The maximum Gasteiger partial charge on any atom is 0.119 e. The average molecular weight is 293 g/mol. The van der Waals surface area contributed by atoms with Crippen LogP contribution in [0.5, 0.6) is 5.75 Å². The van der Waals surface area contributed by atoms with Gasteiger partial charge in [-0.3, -0.25) is 0 Å². The standard InChI is InChI=1S/C18H31NO2/c1-5-6-7-16-8-10-17(11-9-16)21-13-12-18(4,14-20)19-15(2)3/h8-11,15,19-20H,5-7,12-14H2,1-4H3. The summed E-state index contributed by atoms with van der Waals surface area (Å²) >= 11 is 0. The molecule has 0 fully saturated rings. The number of hydrogen-bond acceptors (Lipinski definition) is 3. The van der Waals surface area contributed by atoms with Crippen LogP contribution in [0.1, 0.15) is 52.5 Å². The fourth-order valence-electron chi connectivity index (χ4n) is 2.42. The van der Waals surface area contributed by atoms with Gasteiger partial charge in [0.15, 0.2) is 0 Å². The Kier molecular flexibility index (Phi) is 7.76. The van der Waals surface area contributed by atoms with Crippen LogP contribution < -0.4 is 10.1 Å². The summed E-state index contributed by atoms with van der Waals surface area (Å²) in [6.45, 7) is 9.13. The van der Waals surface area contributed by atoms with E-state index < -0.39 is 0 Å². The SMILES string of the molecule is CCCCc1ccc(OCCC(C)(CO)NC(C)C)cc1. The number of hydrogen-bond donors (Lipinski definition) is 2. The van der Waals surface area contributed by atoms with Crippen molar-refractivity contribution in [1.29, 1.82) is 0 Å². The van der Waals surface area contributed by atoms with Crippen molar-refractivity contribution in [2.45, 2.75) is 65.0 Å². The molecule has 0 saturated heterocycles. The molecule has 1 aromatic carbocycles. The number of rotatable bonds is 10. The third-order valence-electron chi connectivity index (χ3n) is 3.65. The molecule has 0 aliphatic carbocycles. The van der Waals surface area contributed by atoms with E-state index in [-0.39, 0.29) is 12.1 Å². The van der Waals surface area contributed by atoms with E-state index in [0.717, 1.165) is 18.6 Å². The fourth-order valence-corrected chi connectivity index (χ4v) is 2.42. The van der Waals surface area contributed by atoms with Gasteiger partial charge < -0.3 is 15.2 Å². The minimum absolute atomic E-state index is 0.116. The highest BCUT2D eigenvalue weighted by atomic mass is 16.5. The third-order valence-corrected chi connectivity index (χ3v) is 3.65. The van der Waals surface area contributed by atoms with Gasteiger partial charge >= 0.3 is 0 Å². The summed E-state index contributed by atoms with van der Waals surface area (Å²) < 4.78 is 5.79. The topological polar surface area (TPSA) is 41.5 Å². The normalized spacial score (nSPS) is 14.2. The Bertz CT molecular complexity index is 389. The Morgan fingerprint density at radius 3 is 2.43 bits per heavy atom. The van der Waals surface area contributed by atoms with Crippen LogP contribution in [0.3, 0.4) is 0 Å². The first-order chi connectivity index (χ1) is 9.99. The quantitative estimate of drug-likeness (QED) is 0.693. The van der Waals surface area contributed by atoms with E-state index >= 15 is 0 Å². The molecule has 0 spiro atoms.